The monoisotopic (exact) mass is 412 g/mol. The van der Waals surface area contributed by atoms with E-state index in [1.54, 1.807) is 4.90 Å². The lowest BCUT2D eigenvalue weighted by molar-refractivity contribution is -0.130. The molecular formula is C21H28N6O3. The summed E-state index contributed by atoms with van der Waals surface area (Å²) in [7, 11) is 3.89. The molecule has 0 atom stereocenters. The first-order valence-corrected chi connectivity index (χ1v) is 9.92. The van der Waals surface area contributed by atoms with Gasteiger partial charge in [-0.2, -0.15) is 0 Å². The van der Waals surface area contributed by atoms with Crippen molar-refractivity contribution in [3.05, 3.63) is 47.8 Å². The van der Waals surface area contributed by atoms with Crippen molar-refractivity contribution in [2.24, 2.45) is 0 Å². The molecule has 0 spiro atoms. The number of aryl methyl sites for hydroxylation is 1. The third kappa shape index (κ3) is 5.82. The second-order valence-corrected chi connectivity index (χ2v) is 7.31. The van der Waals surface area contributed by atoms with E-state index >= 15 is 0 Å². The summed E-state index contributed by atoms with van der Waals surface area (Å²) in [5.41, 5.74) is 0.896. The third-order valence-corrected chi connectivity index (χ3v) is 4.82. The zero-order valence-corrected chi connectivity index (χ0v) is 17.7. The highest BCUT2D eigenvalue weighted by Gasteiger charge is 2.23. The van der Waals surface area contributed by atoms with Gasteiger partial charge in [0, 0.05) is 46.3 Å². The summed E-state index contributed by atoms with van der Waals surface area (Å²) in [6.45, 7) is 4.46. The molecular weight excluding hydrogens is 384 g/mol. The van der Waals surface area contributed by atoms with Gasteiger partial charge in [-0.15, -0.1) is 0 Å². The van der Waals surface area contributed by atoms with Gasteiger partial charge in [0.25, 0.3) is 0 Å². The standard InChI is InChI=1S/C21H28N6O3/c1-16-23-18(25(2)3)13-19(24-16)26-9-11-27(12-10-26)20(28)14-22-21(29)30-15-17-7-5-4-6-8-17/h4-8,13H,9-12,14-15H2,1-3H3,(H,22,29). The van der Waals surface area contributed by atoms with Crippen LogP contribution < -0.4 is 15.1 Å². The van der Waals surface area contributed by atoms with Crippen LogP contribution in [0.25, 0.3) is 0 Å². The normalized spacial score (nSPS) is 13.7. The molecule has 30 heavy (non-hydrogen) atoms. The maximum atomic E-state index is 12.4. The molecule has 2 aromatic rings. The summed E-state index contributed by atoms with van der Waals surface area (Å²) >= 11 is 0. The predicted octanol–water partition coefficient (Wildman–Crippen LogP) is 1.43. The molecule has 160 valence electrons. The van der Waals surface area contributed by atoms with Crippen molar-refractivity contribution in [1.29, 1.82) is 0 Å². The highest BCUT2D eigenvalue weighted by Crippen LogP contribution is 2.19. The van der Waals surface area contributed by atoms with Gasteiger partial charge in [0.1, 0.15) is 30.6 Å². The largest absolute Gasteiger partial charge is 0.445 e. The molecule has 2 amide bonds. The van der Waals surface area contributed by atoms with Crippen LogP contribution in [-0.2, 0) is 16.1 Å². The van der Waals surface area contributed by atoms with Crippen molar-refractivity contribution in [1.82, 2.24) is 20.2 Å². The van der Waals surface area contributed by atoms with Crippen molar-refractivity contribution < 1.29 is 14.3 Å². The highest BCUT2D eigenvalue weighted by atomic mass is 16.5. The number of nitrogens with one attached hydrogen (secondary N) is 1. The van der Waals surface area contributed by atoms with Crippen LogP contribution in [0.15, 0.2) is 36.4 Å². The molecule has 9 nitrogen and oxygen atoms in total. The number of carbonyl (C=O) groups is 2. The van der Waals surface area contributed by atoms with Gasteiger partial charge < -0.3 is 24.8 Å². The first-order chi connectivity index (χ1) is 14.4. The molecule has 9 heteroatoms. The van der Waals surface area contributed by atoms with Crippen LogP contribution in [-0.4, -0.2) is 73.7 Å². The number of anilines is 2. The van der Waals surface area contributed by atoms with Crippen LogP contribution >= 0.6 is 0 Å². The zero-order chi connectivity index (χ0) is 21.5. The predicted molar refractivity (Wildman–Crippen MR) is 115 cm³/mol. The summed E-state index contributed by atoms with van der Waals surface area (Å²) < 4.78 is 5.14. The Hall–Kier alpha value is -3.36. The maximum Gasteiger partial charge on any atom is 0.407 e. The first-order valence-electron chi connectivity index (χ1n) is 9.92. The second-order valence-electron chi connectivity index (χ2n) is 7.31. The molecule has 1 aromatic carbocycles. The van der Waals surface area contributed by atoms with Crippen molar-refractivity contribution in [3.63, 3.8) is 0 Å². The van der Waals surface area contributed by atoms with Crippen molar-refractivity contribution in [3.8, 4) is 0 Å². The quantitative estimate of drug-likeness (QED) is 0.767. The summed E-state index contributed by atoms with van der Waals surface area (Å²) in [5.74, 6) is 2.31. The topological polar surface area (TPSA) is 90.9 Å². The number of piperazine rings is 1. The van der Waals surface area contributed by atoms with E-state index in [4.69, 9.17) is 4.74 Å². The average Bonchev–Trinajstić information content (AvgIpc) is 2.76. The van der Waals surface area contributed by atoms with E-state index in [-0.39, 0.29) is 19.1 Å². The number of carbonyl (C=O) groups excluding carboxylic acids is 2. The minimum Gasteiger partial charge on any atom is -0.445 e. The Kier molecular flexibility index (Phi) is 7.05. The number of ether oxygens (including phenoxy) is 1. The van der Waals surface area contributed by atoms with Gasteiger partial charge in [-0.1, -0.05) is 30.3 Å². The first kappa shape index (κ1) is 21.4. The average molecular weight is 412 g/mol. The van der Waals surface area contributed by atoms with E-state index in [9.17, 15) is 9.59 Å². The van der Waals surface area contributed by atoms with Crippen LogP contribution in [0.5, 0.6) is 0 Å². The Balaban J connectivity index is 1.43. The molecule has 0 radical (unpaired) electrons. The number of amides is 2. The molecule has 2 heterocycles. The van der Waals surface area contributed by atoms with Gasteiger partial charge in [-0.3, -0.25) is 4.79 Å². The van der Waals surface area contributed by atoms with E-state index in [2.05, 4.69) is 20.2 Å². The Labute approximate surface area is 176 Å². The lowest BCUT2D eigenvalue weighted by Gasteiger charge is -2.35. The number of hydrogen-bond acceptors (Lipinski definition) is 7. The summed E-state index contributed by atoms with van der Waals surface area (Å²) in [4.78, 5) is 39.0. The second kappa shape index (κ2) is 9.91. The fourth-order valence-corrected chi connectivity index (χ4v) is 3.15. The van der Waals surface area contributed by atoms with Crippen molar-refractivity contribution in [2.45, 2.75) is 13.5 Å². The van der Waals surface area contributed by atoms with Crippen molar-refractivity contribution in [2.75, 3.05) is 56.6 Å². The molecule has 1 aliphatic rings. The molecule has 1 aliphatic heterocycles. The van der Waals surface area contributed by atoms with E-state index < -0.39 is 6.09 Å². The van der Waals surface area contributed by atoms with Gasteiger partial charge in [-0.05, 0) is 12.5 Å². The Morgan fingerprint density at radius 2 is 1.80 bits per heavy atom. The van der Waals surface area contributed by atoms with Gasteiger partial charge in [0.2, 0.25) is 5.91 Å². The number of benzene rings is 1. The van der Waals surface area contributed by atoms with Gasteiger partial charge in [0.05, 0.1) is 0 Å². The van der Waals surface area contributed by atoms with Gasteiger partial charge in [0.15, 0.2) is 0 Å². The maximum absolute atomic E-state index is 12.4. The van der Waals surface area contributed by atoms with Crippen LogP contribution in [0.3, 0.4) is 0 Å². The SMILES string of the molecule is Cc1nc(N(C)C)cc(N2CCN(C(=O)CNC(=O)OCc3ccccc3)CC2)n1. The molecule has 3 rings (SSSR count). The summed E-state index contributed by atoms with van der Waals surface area (Å²) in [6.07, 6.45) is -0.599. The molecule has 0 bridgehead atoms. The number of hydrogen-bond donors (Lipinski definition) is 1. The van der Waals surface area contributed by atoms with E-state index in [1.807, 2.05) is 62.3 Å². The molecule has 1 N–H and O–H groups in total. The molecule has 1 fully saturated rings. The fourth-order valence-electron chi connectivity index (χ4n) is 3.15. The minimum absolute atomic E-state index is 0.0784. The molecule has 1 aromatic heterocycles. The van der Waals surface area contributed by atoms with E-state index in [0.29, 0.717) is 32.0 Å². The molecule has 0 saturated carbocycles. The van der Waals surface area contributed by atoms with Crippen LogP contribution in [0.4, 0.5) is 16.4 Å². The Morgan fingerprint density at radius 1 is 1.10 bits per heavy atom. The Bertz CT molecular complexity index is 866. The van der Waals surface area contributed by atoms with Crippen LogP contribution in [0.1, 0.15) is 11.4 Å². The van der Waals surface area contributed by atoms with Crippen LogP contribution in [0, 0.1) is 6.92 Å². The van der Waals surface area contributed by atoms with E-state index in [0.717, 1.165) is 17.2 Å². The van der Waals surface area contributed by atoms with Crippen LogP contribution in [0.2, 0.25) is 0 Å². The van der Waals surface area contributed by atoms with Gasteiger partial charge in [-0.25, -0.2) is 14.8 Å². The third-order valence-electron chi connectivity index (χ3n) is 4.82. The Morgan fingerprint density at radius 3 is 2.47 bits per heavy atom. The number of aromatic nitrogens is 2. The number of alkyl carbamates (subject to hydrolysis) is 1. The van der Waals surface area contributed by atoms with E-state index in [1.165, 1.54) is 0 Å². The number of nitrogens with zero attached hydrogens (tertiary/aromatic N) is 5. The fraction of sp³-hybridized carbons (Fsp3) is 0.429. The lowest BCUT2D eigenvalue weighted by Crippen LogP contribution is -2.51. The summed E-state index contributed by atoms with van der Waals surface area (Å²) in [6, 6.07) is 11.4. The lowest BCUT2D eigenvalue weighted by atomic mass is 10.2. The smallest absolute Gasteiger partial charge is 0.407 e. The van der Waals surface area contributed by atoms with Gasteiger partial charge >= 0.3 is 6.09 Å². The molecule has 1 saturated heterocycles. The minimum atomic E-state index is -0.599. The summed E-state index contributed by atoms with van der Waals surface area (Å²) in [5, 5.41) is 2.53. The highest BCUT2D eigenvalue weighted by molar-refractivity contribution is 5.82. The molecule has 0 unspecified atom stereocenters. The number of rotatable bonds is 6. The molecule has 0 aliphatic carbocycles. The van der Waals surface area contributed by atoms with Crippen molar-refractivity contribution >= 4 is 23.6 Å². The zero-order valence-electron chi connectivity index (χ0n) is 17.7.